The highest BCUT2D eigenvalue weighted by molar-refractivity contribution is 6.18. The number of aliphatic hydroxyl groups is 5. The number of urea groups is 1. The molecule has 0 aromatic rings. The van der Waals surface area contributed by atoms with Crippen molar-refractivity contribution in [2.45, 2.75) is 70.4 Å². The van der Waals surface area contributed by atoms with E-state index in [2.05, 4.69) is 5.32 Å². The number of hydrogen-bond donors (Lipinski definition) is 6. The average Bonchev–Trinajstić information content (AvgIpc) is 2.61. The van der Waals surface area contributed by atoms with Crippen LogP contribution in [-0.2, 0) is 4.74 Å². The van der Waals surface area contributed by atoms with Gasteiger partial charge in [0.05, 0.1) is 6.61 Å². The van der Waals surface area contributed by atoms with Crippen LogP contribution in [0.3, 0.4) is 0 Å². The summed E-state index contributed by atoms with van der Waals surface area (Å²) >= 11 is 5.62. The lowest BCUT2D eigenvalue weighted by Gasteiger charge is -2.55. The van der Waals surface area contributed by atoms with Gasteiger partial charge in [-0.1, -0.05) is 27.7 Å². The third-order valence-corrected chi connectivity index (χ3v) is 5.02. The lowest BCUT2D eigenvalue weighted by molar-refractivity contribution is -0.400. The Hall–Kier alpha value is -0.680. The summed E-state index contributed by atoms with van der Waals surface area (Å²) in [4.78, 5) is 13.6. The van der Waals surface area contributed by atoms with Gasteiger partial charge >= 0.3 is 6.03 Å². The van der Waals surface area contributed by atoms with E-state index in [0.29, 0.717) is 6.42 Å². The maximum Gasteiger partial charge on any atom is 0.319 e. The minimum Gasteiger partial charge on any atom is -0.394 e. The van der Waals surface area contributed by atoms with Crippen LogP contribution in [0, 0.1) is 11.8 Å². The molecule has 1 rings (SSSR count). The highest BCUT2D eigenvalue weighted by atomic mass is 35.5. The summed E-state index contributed by atoms with van der Waals surface area (Å²) in [6.07, 6.45) is -4.91. The summed E-state index contributed by atoms with van der Waals surface area (Å²) in [5.41, 5.74) is -2.58. The maximum absolute atomic E-state index is 12.7. The Morgan fingerprint density at radius 2 is 1.82 bits per heavy atom. The van der Waals surface area contributed by atoms with Crippen molar-refractivity contribution in [2.24, 2.45) is 11.8 Å². The topological polar surface area (TPSA) is 143 Å². The molecule has 1 saturated heterocycles. The number of alkyl halides is 1. The van der Waals surface area contributed by atoms with Gasteiger partial charge in [-0.15, -0.1) is 11.6 Å². The molecule has 1 aliphatic rings. The number of carbonyl (C=O) groups is 1. The largest absolute Gasteiger partial charge is 0.394 e. The first-order valence-corrected chi connectivity index (χ1v) is 10.2. The van der Waals surface area contributed by atoms with E-state index in [0.717, 1.165) is 4.90 Å². The van der Waals surface area contributed by atoms with Gasteiger partial charge in [0.15, 0.2) is 11.9 Å². The number of carbonyl (C=O) groups excluding carboxylic acids is 1. The molecule has 1 heterocycles. The van der Waals surface area contributed by atoms with Crippen LogP contribution in [-0.4, -0.2) is 91.9 Å². The molecule has 1 aliphatic heterocycles. The van der Waals surface area contributed by atoms with E-state index >= 15 is 0 Å². The molecular weight excluding hydrogens is 392 g/mol. The SMILES string of the molecule is CC(C)CCN(C(=O)NCCCl)[C@]1(O)[C@H](O)[C@@H](CO)O[C@@](O)(CC(C)C)[C@@H]1O. The summed E-state index contributed by atoms with van der Waals surface area (Å²) in [5, 5.41) is 56.0. The molecular formula is C18H35ClN2O7. The van der Waals surface area contributed by atoms with Gasteiger partial charge in [-0.25, -0.2) is 4.79 Å². The fourth-order valence-corrected chi connectivity index (χ4v) is 3.52. The number of ether oxygens (including phenoxy) is 1. The van der Waals surface area contributed by atoms with Crippen molar-refractivity contribution in [3.63, 3.8) is 0 Å². The smallest absolute Gasteiger partial charge is 0.319 e. The molecule has 2 amide bonds. The average molecular weight is 427 g/mol. The van der Waals surface area contributed by atoms with Crippen molar-refractivity contribution in [2.75, 3.05) is 25.6 Å². The second kappa shape index (κ2) is 10.4. The molecule has 9 nitrogen and oxygen atoms in total. The summed E-state index contributed by atoms with van der Waals surface area (Å²) in [6.45, 7) is 6.76. The lowest BCUT2D eigenvalue weighted by atomic mass is 9.81. The Morgan fingerprint density at radius 3 is 2.29 bits per heavy atom. The molecule has 1 fully saturated rings. The quantitative estimate of drug-likeness (QED) is 0.222. The minimum atomic E-state index is -2.58. The maximum atomic E-state index is 12.7. The van der Waals surface area contributed by atoms with Gasteiger partial charge in [-0.05, 0) is 18.3 Å². The zero-order valence-electron chi connectivity index (χ0n) is 17.0. The highest BCUT2D eigenvalue weighted by Gasteiger charge is 2.64. The van der Waals surface area contributed by atoms with E-state index in [1.807, 2.05) is 13.8 Å². The van der Waals surface area contributed by atoms with Crippen LogP contribution in [0.2, 0.25) is 0 Å². The first kappa shape index (κ1) is 25.4. The van der Waals surface area contributed by atoms with Crippen molar-refractivity contribution in [3.8, 4) is 0 Å². The zero-order valence-corrected chi connectivity index (χ0v) is 17.8. The van der Waals surface area contributed by atoms with Crippen molar-refractivity contribution in [1.29, 1.82) is 0 Å². The molecule has 0 radical (unpaired) electrons. The Balaban J connectivity index is 3.38. The molecule has 0 aromatic carbocycles. The summed E-state index contributed by atoms with van der Waals surface area (Å²) in [7, 11) is 0. The van der Waals surface area contributed by atoms with Gasteiger partial charge in [0.2, 0.25) is 5.72 Å². The van der Waals surface area contributed by atoms with Crippen LogP contribution in [0.15, 0.2) is 0 Å². The van der Waals surface area contributed by atoms with Gasteiger partial charge in [0.25, 0.3) is 0 Å². The van der Waals surface area contributed by atoms with Gasteiger partial charge < -0.3 is 35.6 Å². The number of hydrogen-bond acceptors (Lipinski definition) is 7. The van der Waals surface area contributed by atoms with E-state index in [9.17, 15) is 30.3 Å². The molecule has 0 unspecified atom stereocenters. The lowest BCUT2D eigenvalue weighted by Crippen LogP contribution is -2.79. The van der Waals surface area contributed by atoms with E-state index in [1.54, 1.807) is 13.8 Å². The normalized spacial score (nSPS) is 33.4. The molecule has 6 N–H and O–H groups in total. The predicted octanol–water partition coefficient (Wildman–Crippen LogP) is -0.181. The minimum absolute atomic E-state index is 0.00763. The Kier molecular flexibility index (Phi) is 9.40. The van der Waals surface area contributed by atoms with Gasteiger partial charge in [-0.2, -0.15) is 0 Å². The first-order chi connectivity index (χ1) is 12.9. The molecule has 10 heteroatoms. The van der Waals surface area contributed by atoms with Crippen molar-refractivity contribution in [1.82, 2.24) is 10.2 Å². The molecule has 5 atom stereocenters. The molecule has 0 spiro atoms. The highest BCUT2D eigenvalue weighted by Crippen LogP contribution is 2.40. The zero-order chi connectivity index (χ0) is 21.7. The van der Waals surface area contributed by atoms with Gasteiger partial charge in [0, 0.05) is 25.4 Å². The molecule has 166 valence electrons. The molecule has 0 aromatic heterocycles. The van der Waals surface area contributed by atoms with Crippen molar-refractivity contribution < 1.29 is 35.1 Å². The van der Waals surface area contributed by atoms with Gasteiger partial charge in [0.1, 0.15) is 12.2 Å². The Labute approximate surface area is 171 Å². The fourth-order valence-electron chi connectivity index (χ4n) is 3.43. The summed E-state index contributed by atoms with van der Waals surface area (Å²) in [5.74, 6) is -2.12. The number of nitrogens with one attached hydrogen (secondary N) is 1. The van der Waals surface area contributed by atoms with Crippen LogP contribution in [0.25, 0.3) is 0 Å². The number of aliphatic hydroxyl groups excluding tert-OH is 3. The number of nitrogens with zero attached hydrogens (tertiary/aromatic N) is 1. The molecule has 0 saturated carbocycles. The summed E-state index contributed by atoms with van der Waals surface area (Å²) in [6, 6.07) is -0.757. The van der Waals surface area contributed by atoms with Crippen LogP contribution < -0.4 is 5.32 Å². The van der Waals surface area contributed by atoms with Crippen LogP contribution in [0.5, 0.6) is 0 Å². The fraction of sp³-hybridized carbons (Fsp3) is 0.944. The third-order valence-electron chi connectivity index (χ3n) is 4.83. The second-order valence-electron chi connectivity index (χ2n) is 8.17. The Bertz CT molecular complexity index is 510. The number of amides is 2. The van der Waals surface area contributed by atoms with Gasteiger partial charge in [-0.3, -0.25) is 4.90 Å². The molecule has 0 aliphatic carbocycles. The van der Waals surface area contributed by atoms with Crippen LogP contribution >= 0.6 is 11.6 Å². The van der Waals surface area contributed by atoms with E-state index in [4.69, 9.17) is 16.3 Å². The van der Waals surface area contributed by atoms with Crippen LogP contribution in [0.1, 0.15) is 40.5 Å². The second-order valence-corrected chi connectivity index (χ2v) is 8.55. The van der Waals surface area contributed by atoms with Crippen molar-refractivity contribution >= 4 is 17.6 Å². The van der Waals surface area contributed by atoms with Crippen molar-refractivity contribution in [3.05, 3.63) is 0 Å². The van der Waals surface area contributed by atoms with E-state index < -0.39 is 42.5 Å². The molecule has 0 bridgehead atoms. The van der Waals surface area contributed by atoms with E-state index in [-0.39, 0.29) is 37.2 Å². The van der Waals surface area contributed by atoms with E-state index in [1.165, 1.54) is 0 Å². The number of halogens is 1. The third kappa shape index (κ3) is 5.47. The Morgan fingerprint density at radius 1 is 1.21 bits per heavy atom. The van der Waals surface area contributed by atoms with Crippen LogP contribution in [0.4, 0.5) is 4.79 Å². The molecule has 28 heavy (non-hydrogen) atoms. The summed E-state index contributed by atoms with van der Waals surface area (Å²) < 4.78 is 5.36. The first-order valence-electron chi connectivity index (χ1n) is 9.65. The number of rotatable bonds is 9. The monoisotopic (exact) mass is 426 g/mol. The standard InChI is InChI=1S/C18H35ClN2O7/c1-11(2)5-8-21(16(25)20-7-6-19)18(27)14(23)13(10-22)28-17(26,15(18)24)9-12(3)4/h11-15,22-24,26-27H,5-10H2,1-4H3,(H,20,25)/t13-,14-,15+,17+,18+/m1/s1. The predicted molar refractivity (Wildman–Crippen MR) is 104 cm³/mol.